The molecular weight excluding hydrogens is 471 g/mol. The van der Waals surface area contributed by atoms with Crippen LogP contribution in [0.5, 0.6) is 5.75 Å². The molecule has 1 aromatic heterocycles. The molecule has 178 valence electrons. The van der Waals surface area contributed by atoms with E-state index in [1.807, 2.05) is 47.4 Å². The van der Waals surface area contributed by atoms with Crippen molar-refractivity contribution in [3.8, 4) is 17.0 Å². The van der Waals surface area contributed by atoms with Crippen LogP contribution in [0.15, 0.2) is 54.6 Å². The zero-order valence-electron chi connectivity index (χ0n) is 19.6. The second kappa shape index (κ2) is 10.2. The van der Waals surface area contributed by atoms with Gasteiger partial charge in [0, 0.05) is 36.8 Å². The van der Waals surface area contributed by atoms with E-state index in [1.54, 1.807) is 12.1 Å². The Kier molecular flexibility index (Phi) is 7.29. The van der Waals surface area contributed by atoms with E-state index in [0.29, 0.717) is 47.7 Å². The summed E-state index contributed by atoms with van der Waals surface area (Å²) in [6.07, 6.45) is 0. The quantitative estimate of drug-likeness (QED) is 0.466. The summed E-state index contributed by atoms with van der Waals surface area (Å²) in [6, 6.07) is 17.1. The number of hydrogen-bond acceptors (Lipinski definition) is 5. The van der Waals surface area contributed by atoms with Crippen LogP contribution in [0.25, 0.3) is 11.3 Å². The van der Waals surface area contributed by atoms with Crippen LogP contribution in [-0.2, 0) is 10.2 Å². The Morgan fingerprint density at radius 3 is 2.24 bits per heavy atom. The SMILES string of the molecule is CC(C)(C)c1ccc(OCC(=O)N2CCN(c3ccc(-c4ccc(Cl)cc4Cl)nn3)CC2)cc1. The van der Waals surface area contributed by atoms with E-state index < -0.39 is 0 Å². The molecule has 6 nitrogen and oxygen atoms in total. The standard InChI is InChI=1S/C26H28Cl2N4O2/c1-26(2,3)18-4-7-20(8-5-18)34-17-25(33)32-14-12-31(13-15-32)24-11-10-23(29-30-24)21-9-6-19(27)16-22(21)28/h4-11,16H,12-15,17H2,1-3H3. The summed E-state index contributed by atoms with van der Waals surface area (Å²) in [5.74, 6) is 1.46. The molecule has 0 atom stereocenters. The molecule has 2 aromatic carbocycles. The summed E-state index contributed by atoms with van der Waals surface area (Å²) < 4.78 is 5.73. The molecule has 0 aliphatic carbocycles. The summed E-state index contributed by atoms with van der Waals surface area (Å²) in [5.41, 5.74) is 2.79. The molecule has 0 N–H and O–H groups in total. The number of amides is 1. The fourth-order valence-electron chi connectivity index (χ4n) is 3.81. The zero-order chi connectivity index (χ0) is 24.3. The third kappa shape index (κ3) is 5.80. The van der Waals surface area contributed by atoms with Crippen molar-refractivity contribution in [3.05, 3.63) is 70.2 Å². The van der Waals surface area contributed by atoms with Crippen LogP contribution in [0.1, 0.15) is 26.3 Å². The fraction of sp³-hybridized carbons (Fsp3) is 0.346. The number of anilines is 1. The first kappa shape index (κ1) is 24.3. The van der Waals surface area contributed by atoms with Crippen molar-refractivity contribution < 1.29 is 9.53 Å². The van der Waals surface area contributed by atoms with Gasteiger partial charge in [0.1, 0.15) is 5.75 Å². The molecule has 0 saturated carbocycles. The zero-order valence-corrected chi connectivity index (χ0v) is 21.1. The summed E-state index contributed by atoms with van der Waals surface area (Å²) in [6.45, 7) is 9.12. The Hall–Kier alpha value is -2.83. The first-order valence-electron chi connectivity index (χ1n) is 11.3. The Morgan fingerprint density at radius 1 is 0.941 bits per heavy atom. The Balaban J connectivity index is 1.28. The largest absolute Gasteiger partial charge is 0.484 e. The highest BCUT2D eigenvalue weighted by Crippen LogP contribution is 2.29. The Labute approximate surface area is 210 Å². The lowest BCUT2D eigenvalue weighted by Crippen LogP contribution is -2.50. The van der Waals surface area contributed by atoms with Crippen LogP contribution >= 0.6 is 23.2 Å². The third-order valence-corrected chi connectivity index (χ3v) is 6.44. The number of rotatable bonds is 5. The van der Waals surface area contributed by atoms with Gasteiger partial charge in [-0.05, 0) is 53.4 Å². The molecule has 0 bridgehead atoms. The maximum atomic E-state index is 12.6. The molecule has 4 rings (SSSR count). The van der Waals surface area contributed by atoms with Crippen molar-refractivity contribution >= 4 is 34.9 Å². The summed E-state index contributed by atoms with van der Waals surface area (Å²) in [4.78, 5) is 16.6. The van der Waals surface area contributed by atoms with E-state index in [0.717, 1.165) is 11.4 Å². The number of aromatic nitrogens is 2. The Bertz CT molecular complexity index is 1140. The lowest BCUT2D eigenvalue weighted by atomic mass is 9.87. The van der Waals surface area contributed by atoms with Crippen LogP contribution in [0.4, 0.5) is 5.82 Å². The minimum atomic E-state index is -0.0154. The molecule has 1 saturated heterocycles. The van der Waals surface area contributed by atoms with E-state index in [-0.39, 0.29) is 17.9 Å². The monoisotopic (exact) mass is 498 g/mol. The molecule has 3 aromatic rings. The lowest BCUT2D eigenvalue weighted by molar-refractivity contribution is -0.133. The highest BCUT2D eigenvalue weighted by atomic mass is 35.5. The van der Waals surface area contributed by atoms with Gasteiger partial charge in [0.2, 0.25) is 0 Å². The van der Waals surface area contributed by atoms with Crippen molar-refractivity contribution in [1.29, 1.82) is 0 Å². The number of piperazine rings is 1. The van der Waals surface area contributed by atoms with Crippen molar-refractivity contribution in [2.45, 2.75) is 26.2 Å². The number of carbonyl (C=O) groups excluding carboxylic acids is 1. The molecular formula is C26H28Cl2N4O2. The maximum absolute atomic E-state index is 12.6. The predicted octanol–water partition coefficient (Wildman–Crippen LogP) is 5.48. The van der Waals surface area contributed by atoms with E-state index in [2.05, 4.69) is 35.9 Å². The highest BCUT2D eigenvalue weighted by Gasteiger charge is 2.23. The molecule has 1 aliphatic rings. The molecule has 1 aliphatic heterocycles. The van der Waals surface area contributed by atoms with E-state index in [1.165, 1.54) is 5.56 Å². The maximum Gasteiger partial charge on any atom is 0.260 e. The van der Waals surface area contributed by atoms with Gasteiger partial charge in [0.05, 0.1) is 10.7 Å². The average Bonchev–Trinajstić information content (AvgIpc) is 2.82. The lowest BCUT2D eigenvalue weighted by Gasteiger charge is -2.35. The minimum absolute atomic E-state index is 0.0154. The van der Waals surface area contributed by atoms with Crippen LogP contribution in [0.2, 0.25) is 10.0 Å². The highest BCUT2D eigenvalue weighted by molar-refractivity contribution is 6.36. The van der Waals surface area contributed by atoms with Crippen molar-refractivity contribution in [3.63, 3.8) is 0 Å². The van der Waals surface area contributed by atoms with E-state index in [9.17, 15) is 4.79 Å². The summed E-state index contributed by atoms with van der Waals surface area (Å²) in [7, 11) is 0. The molecule has 0 unspecified atom stereocenters. The smallest absolute Gasteiger partial charge is 0.260 e. The number of benzene rings is 2. The summed E-state index contributed by atoms with van der Waals surface area (Å²) in [5, 5.41) is 9.82. The average molecular weight is 499 g/mol. The van der Waals surface area contributed by atoms with Gasteiger partial charge in [0.25, 0.3) is 5.91 Å². The van der Waals surface area contributed by atoms with Gasteiger partial charge in [-0.25, -0.2) is 0 Å². The Morgan fingerprint density at radius 2 is 1.65 bits per heavy atom. The molecule has 34 heavy (non-hydrogen) atoms. The molecule has 2 heterocycles. The third-order valence-electron chi connectivity index (χ3n) is 5.90. The van der Waals surface area contributed by atoms with E-state index in [4.69, 9.17) is 27.9 Å². The fourth-order valence-corrected chi connectivity index (χ4v) is 4.31. The molecule has 1 fully saturated rings. The van der Waals surface area contributed by atoms with E-state index >= 15 is 0 Å². The van der Waals surface area contributed by atoms with Gasteiger partial charge in [-0.1, -0.05) is 56.1 Å². The van der Waals surface area contributed by atoms with Gasteiger partial charge in [-0.3, -0.25) is 4.79 Å². The second-order valence-corrected chi connectivity index (χ2v) is 10.2. The second-order valence-electron chi connectivity index (χ2n) is 9.33. The van der Waals surface area contributed by atoms with Crippen LogP contribution in [0.3, 0.4) is 0 Å². The number of halogens is 2. The number of nitrogens with zero attached hydrogens (tertiary/aromatic N) is 4. The van der Waals surface area contributed by atoms with Crippen molar-refractivity contribution in [2.75, 3.05) is 37.7 Å². The van der Waals surface area contributed by atoms with Crippen molar-refractivity contribution in [2.24, 2.45) is 0 Å². The molecule has 8 heteroatoms. The minimum Gasteiger partial charge on any atom is -0.484 e. The van der Waals surface area contributed by atoms with Crippen LogP contribution in [-0.4, -0.2) is 53.8 Å². The van der Waals surface area contributed by atoms with Gasteiger partial charge in [-0.2, -0.15) is 0 Å². The summed E-state index contributed by atoms with van der Waals surface area (Å²) >= 11 is 12.3. The number of ether oxygens (including phenoxy) is 1. The first-order chi connectivity index (χ1) is 16.2. The first-order valence-corrected chi connectivity index (χ1v) is 12.0. The van der Waals surface area contributed by atoms with Crippen LogP contribution in [0, 0.1) is 0 Å². The normalized spacial score (nSPS) is 14.3. The van der Waals surface area contributed by atoms with Crippen LogP contribution < -0.4 is 9.64 Å². The van der Waals surface area contributed by atoms with Crippen molar-refractivity contribution in [1.82, 2.24) is 15.1 Å². The molecule has 0 radical (unpaired) electrons. The van der Waals surface area contributed by atoms with Gasteiger partial charge < -0.3 is 14.5 Å². The number of hydrogen-bond donors (Lipinski definition) is 0. The predicted molar refractivity (Wildman–Crippen MR) is 137 cm³/mol. The van der Waals surface area contributed by atoms with Gasteiger partial charge in [0.15, 0.2) is 12.4 Å². The van der Waals surface area contributed by atoms with Gasteiger partial charge >= 0.3 is 0 Å². The number of carbonyl (C=O) groups is 1. The topological polar surface area (TPSA) is 58.6 Å². The van der Waals surface area contributed by atoms with Gasteiger partial charge in [-0.15, -0.1) is 10.2 Å². The molecule has 0 spiro atoms. The molecule has 1 amide bonds.